The summed E-state index contributed by atoms with van der Waals surface area (Å²) in [6, 6.07) is 9.27. The fraction of sp³-hybridized carbons (Fsp3) is 0.143. The summed E-state index contributed by atoms with van der Waals surface area (Å²) in [6.45, 7) is 3.73. The molecule has 0 radical (unpaired) electrons. The SMILES string of the molecule is Cc1cc(-c2ccc(Cl)c(C)c2O)ccc1Cl. The van der Waals surface area contributed by atoms with Gasteiger partial charge >= 0.3 is 0 Å². The summed E-state index contributed by atoms with van der Waals surface area (Å²) in [7, 11) is 0. The molecule has 2 aromatic carbocycles. The van der Waals surface area contributed by atoms with E-state index in [-0.39, 0.29) is 5.75 Å². The zero-order valence-corrected chi connectivity index (χ0v) is 11.1. The fourth-order valence-corrected chi connectivity index (χ4v) is 1.99. The molecule has 0 bridgehead atoms. The van der Waals surface area contributed by atoms with Gasteiger partial charge in [0, 0.05) is 21.2 Å². The molecule has 0 saturated carbocycles. The van der Waals surface area contributed by atoms with Gasteiger partial charge in [0.05, 0.1) is 0 Å². The summed E-state index contributed by atoms with van der Waals surface area (Å²) in [6.07, 6.45) is 0. The number of aryl methyl sites for hydroxylation is 1. The maximum atomic E-state index is 10.1. The maximum Gasteiger partial charge on any atom is 0.127 e. The number of hydrogen-bond acceptors (Lipinski definition) is 1. The van der Waals surface area contributed by atoms with Gasteiger partial charge in [0.15, 0.2) is 0 Å². The molecule has 2 rings (SSSR count). The van der Waals surface area contributed by atoms with E-state index in [1.54, 1.807) is 13.0 Å². The van der Waals surface area contributed by atoms with Gasteiger partial charge in [-0.1, -0.05) is 29.3 Å². The van der Waals surface area contributed by atoms with E-state index in [4.69, 9.17) is 23.2 Å². The Balaban J connectivity index is 2.61. The monoisotopic (exact) mass is 266 g/mol. The molecule has 0 aromatic heterocycles. The van der Waals surface area contributed by atoms with Crippen molar-refractivity contribution in [2.45, 2.75) is 13.8 Å². The van der Waals surface area contributed by atoms with Crippen LogP contribution < -0.4 is 0 Å². The van der Waals surface area contributed by atoms with Gasteiger partial charge in [0.2, 0.25) is 0 Å². The van der Waals surface area contributed by atoms with Gasteiger partial charge in [-0.3, -0.25) is 0 Å². The average molecular weight is 267 g/mol. The molecule has 0 spiro atoms. The zero-order chi connectivity index (χ0) is 12.6. The normalized spacial score (nSPS) is 10.6. The molecule has 2 aromatic rings. The van der Waals surface area contributed by atoms with Crippen molar-refractivity contribution in [3.63, 3.8) is 0 Å². The van der Waals surface area contributed by atoms with Crippen LogP contribution in [0.4, 0.5) is 0 Å². The molecule has 0 heterocycles. The lowest BCUT2D eigenvalue weighted by Gasteiger charge is -2.10. The van der Waals surface area contributed by atoms with E-state index in [0.29, 0.717) is 10.6 Å². The fourth-order valence-electron chi connectivity index (χ4n) is 1.72. The summed E-state index contributed by atoms with van der Waals surface area (Å²) in [5, 5.41) is 11.4. The molecule has 0 aliphatic heterocycles. The van der Waals surface area contributed by atoms with Crippen LogP contribution in [-0.4, -0.2) is 5.11 Å². The van der Waals surface area contributed by atoms with Crippen molar-refractivity contribution in [1.29, 1.82) is 0 Å². The minimum Gasteiger partial charge on any atom is -0.507 e. The lowest BCUT2D eigenvalue weighted by atomic mass is 10.0. The number of benzene rings is 2. The summed E-state index contributed by atoms with van der Waals surface area (Å²) in [4.78, 5) is 0. The second-order valence-electron chi connectivity index (χ2n) is 4.03. The first kappa shape index (κ1) is 12.3. The number of halogens is 2. The Morgan fingerprint density at radius 2 is 1.59 bits per heavy atom. The number of aromatic hydroxyl groups is 1. The van der Waals surface area contributed by atoms with Gasteiger partial charge in [0.1, 0.15) is 5.75 Å². The molecule has 0 atom stereocenters. The molecule has 0 aliphatic carbocycles. The van der Waals surface area contributed by atoms with E-state index in [9.17, 15) is 5.11 Å². The Hall–Kier alpha value is -1.18. The minimum absolute atomic E-state index is 0.222. The molecule has 0 aliphatic rings. The van der Waals surface area contributed by atoms with Crippen molar-refractivity contribution in [2.75, 3.05) is 0 Å². The van der Waals surface area contributed by atoms with E-state index in [1.165, 1.54) is 0 Å². The largest absolute Gasteiger partial charge is 0.507 e. The summed E-state index contributed by atoms with van der Waals surface area (Å²) >= 11 is 11.9. The molecule has 0 fully saturated rings. The van der Waals surface area contributed by atoms with E-state index in [1.807, 2.05) is 31.2 Å². The van der Waals surface area contributed by atoms with E-state index in [0.717, 1.165) is 21.7 Å². The first-order valence-corrected chi connectivity index (χ1v) is 6.01. The standard InChI is InChI=1S/C14H12Cl2O/c1-8-7-10(3-5-12(8)15)11-4-6-13(16)9(2)14(11)17/h3-7,17H,1-2H3. The molecule has 88 valence electrons. The quantitative estimate of drug-likeness (QED) is 0.772. The van der Waals surface area contributed by atoms with Gasteiger partial charge in [-0.05, 0) is 49.2 Å². The van der Waals surface area contributed by atoms with Crippen LogP contribution in [0.3, 0.4) is 0 Å². The van der Waals surface area contributed by atoms with Gasteiger partial charge in [-0.2, -0.15) is 0 Å². The predicted octanol–water partition coefficient (Wildman–Crippen LogP) is 4.98. The number of hydrogen-bond donors (Lipinski definition) is 1. The summed E-state index contributed by atoms with van der Waals surface area (Å²) < 4.78 is 0. The Kier molecular flexibility index (Phi) is 3.32. The van der Waals surface area contributed by atoms with Crippen LogP contribution in [0, 0.1) is 13.8 Å². The average Bonchev–Trinajstić information content (AvgIpc) is 2.30. The first-order valence-electron chi connectivity index (χ1n) is 5.25. The van der Waals surface area contributed by atoms with Crippen molar-refractivity contribution in [2.24, 2.45) is 0 Å². The Labute approximate surface area is 111 Å². The smallest absolute Gasteiger partial charge is 0.127 e. The second-order valence-corrected chi connectivity index (χ2v) is 4.85. The highest BCUT2D eigenvalue weighted by Gasteiger charge is 2.10. The highest BCUT2D eigenvalue weighted by atomic mass is 35.5. The third-order valence-corrected chi connectivity index (χ3v) is 3.67. The summed E-state index contributed by atoms with van der Waals surface area (Å²) in [5.74, 6) is 0.222. The number of rotatable bonds is 1. The van der Waals surface area contributed by atoms with Crippen LogP contribution in [-0.2, 0) is 0 Å². The second kappa shape index (κ2) is 4.59. The highest BCUT2D eigenvalue weighted by molar-refractivity contribution is 6.32. The molecule has 3 heteroatoms. The lowest BCUT2D eigenvalue weighted by Crippen LogP contribution is -1.85. The van der Waals surface area contributed by atoms with Crippen LogP contribution >= 0.6 is 23.2 Å². The Morgan fingerprint density at radius 3 is 2.24 bits per heavy atom. The number of phenols is 1. The molecular formula is C14H12Cl2O. The lowest BCUT2D eigenvalue weighted by molar-refractivity contribution is 0.473. The molecule has 0 saturated heterocycles. The van der Waals surface area contributed by atoms with Crippen molar-refractivity contribution >= 4 is 23.2 Å². The van der Waals surface area contributed by atoms with E-state index >= 15 is 0 Å². The van der Waals surface area contributed by atoms with Gasteiger partial charge < -0.3 is 5.11 Å². The third kappa shape index (κ3) is 2.26. The molecule has 1 nitrogen and oxygen atoms in total. The highest BCUT2D eigenvalue weighted by Crippen LogP contribution is 2.36. The van der Waals surface area contributed by atoms with E-state index < -0.39 is 0 Å². The van der Waals surface area contributed by atoms with E-state index in [2.05, 4.69) is 0 Å². The first-order chi connectivity index (χ1) is 8.00. The Morgan fingerprint density at radius 1 is 0.941 bits per heavy atom. The van der Waals surface area contributed by atoms with Crippen LogP contribution in [0.5, 0.6) is 5.75 Å². The van der Waals surface area contributed by atoms with Crippen LogP contribution in [0.15, 0.2) is 30.3 Å². The van der Waals surface area contributed by atoms with Crippen molar-refractivity contribution in [3.8, 4) is 16.9 Å². The molecule has 1 N–H and O–H groups in total. The van der Waals surface area contributed by atoms with Crippen molar-refractivity contribution in [1.82, 2.24) is 0 Å². The maximum absolute atomic E-state index is 10.1. The number of phenolic OH excluding ortho intramolecular Hbond substituents is 1. The van der Waals surface area contributed by atoms with Gasteiger partial charge in [-0.15, -0.1) is 0 Å². The molecule has 0 unspecified atom stereocenters. The van der Waals surface area contributed by atoms with Crippen molar-refractivity contribution in [3.05, 3.63) is 51.5 Å². The van der Waals surface area contributed by atoms with Gasteiger partial charge in [-0.25, -0.2) is 0 Å². The van der Waals surface area contributed by atoms with Crippen molar-refractivity contribution < 1.29 is 5.11 Å². The zero-order valence-electron chi connectivity index (χ0n) is 9.59. The third-order valence-electron chi connectivity index (χ3n) is 2.83. The molecular weight excluding hydrogens is 255 g/mol. The molecule has 17 heavy (non-hydrogen) atoms. The topological polar surface area (TPSA) is 20.2 Å². The van der Waals surface area contributed by atoms with Crippen LogP contribution in [0.1, 0.15) is 11.1 Å². The predicted molar refractivity (Wildman–Crippen MR) is 73.0 cm³/mol. The summed E-state index contributed by atoms with van der Waals surface area (Å²) in [5.41, 5.74) is 3.38. The molecule has 0 amide bonds. The minimum atomic E-state index is 0.222. The Bertz CT molecular complexity index is 577. The van der Waals surface area contributed by atoms with Crippen LogP contribution in [0.2, 0.25) is 10.0 Å². The van der Waals surface area contributed by atoms with Gasteiger partial charge in [0.25, 0.3) is 0 Å². The van der Waals surface area contributed by atoms with Crippen LogP contribution in [0.25, 0.3) is 11.1 Å².